The summed E-state index contributed by atoms with van der Waals surface area (Å²) in [4.78, 5) is 14.4. The van der Waals surface area contributed by atoms with Gasteiger partial charge in [0, 0.05) is 49.6 Å². The Hall–Kier alpha value is -3.68. The van der Waals surface area contributed by atoms with Crippen LogP contribution in [0.4, 0.5) is 5.95 Å². The second kappa shape index (κ2) is 6.91. The van der Waals surface area contributed by atoms with Gasteiger partial charge in [-0.3, -0.25) is 9.36 Å². The van der Waals surface area contributed by atoms with Gasteiger partial charge >= 0.3 is 0 Å². The van der Waals surface area contributed by atoms with Gasteiger partial charge in [-0.2, -0.15) is 0 Å². The summed E-state index contributed by atoms with van der Waals surface area (Å²) in [5.74, 6) is 2.91. The van der Waals surface area contributed by atoms with Crippen molar-refractivity contribution in [1.82, 2.24) is 24.5 Å². The molecule has 1 saturated heterocycles. The Morgan fingerprint density at radius 2 is 1.91 bits per heavy atom. The molecule has 2 fully saturated rings. The van der Waals surface area contributed by atoms with Crippen LogP contribution in [0.2, 0.25) is 0 Å². The third-order valence-corrected chi connectivity index (χ3v) is 6.72. The molecule has 4 heterocycles. The lowest BCUT2D eigenvalue weighted by Crippen LogP contribution is -2.29. The lowest BCUT2D eigenvalue weighted by atomic mass is 10.1. The normalized spacial score (nSPS) is 21.7. The molecule has 1 aromatic carbocycles. The van der Waals surface area contributed by atoms with Gasteiger partial charge in [0.1, 0.15) is 5.69 Å². The molecule has 0 N–H and O–H groups in total. The summed E-state index contributed by atoms with van der Waals surface area (Å²) < 4.78 is 9.25. The van der Waals surface area contributed by atoms with Gasteiger partial charge in [0.15, 0.2) is 11.6 Å². The molecular formula is C24H24N6O2. The van der Waals surface area contributed by atoms with Crippen LogP contribution in [-0.2, 0) is 14.1 Å². The summed E-state index contributed by atoms with van der Waals surface area (Å²) >= 11 is 0. The fraction of sp³-hybridized carbons (Fsp3) is 0.333. The van der Waals surface area contributed by atoms with E-state index in [0.29, 0.717) is 17.8 Å². The van der Waals surface area contributed by atoms with Gasteiger partial charge in [-0.15, -0.1) is 10.2 Å². The maximum absolute atomic E-state index is 12.1. The van der Waals surface area contributed by atoms with Crippen molar-refractivity contribution in [2.24, 2.45) is 20.0 Å². The summed E-state index contributed by atoms with van der Waals surface area (Å²) in [6.45, 7) is 2.07. The Morgan fingerprint density at radius 1 is 1.03 bits per heavy atom. The number of piperidine rings is 1. The first-order valence-electron chi connectivity index (χ1n) is 10.9. The Morgan fingerprint density at radius 3 is 2.72 bits per heavy atom. The molecule has 4 aromatic rings. The lowest BCUT2D eigenvalue weighted by molar-refractivity contribution is 0.412. The maximum Gasteiger partial charge on any atom is 0.250 e. The van der Waals surface area contributed by atoms with Crippen LogP contribution in [0.3, 0.4) is 0 Å². The number of anilines is 1. The number of hydrogen-bond donors (Lipinski definition) is 0. The minimum atomic E-state index is -0.0698. The second-order valence-electron chi connectivity index (χ2n) is 8.95. The van der Waals surface area contributed by atoms with E-state index in [1.54, 1.807) is 23.9 Å². The van der Waals surface area contributed by atoms with Gasteiger partial charge in [-0.05, 0) is 37.8 Å². The van der Waals surface area contributed by atoms with Gasteiger partial charge in [-0.25, -0.2) is 0 Å². The average molecular weight is 428 g/mol. The van der Waals surface area contributed by atoms with E-state index in [0.717, 1.165) is 41.4 Å². The van der Waals surface area contributed by atoms with Crippen molar-refractivity contribution < 1.29 is 4.52 Å². The molecule has 3 atom stereocenters. The fourth-order valence-corrected chi connectivity index (χ4v) is 4.87. The minimum absolute atomic E-state index is 0.0698. The Bertz CT molecular complexity index is 1380. The third kappa shape index (κ3) is 2.97. The number of rotatable bonds is 4. The molecule has 1 unspecified atom stereocenters. The van der Waals surface area contributed by atoms with Gasteiger partial charge in [0.05, 0.1) is 6.04 Å². The Labute approximate surface area is 185 Å². The Balaban J connectivity index is 1.35. The summed E-state index contributed by atoms with van der Waals surface area (Å²) in [6, 6.07) is 14.3. The molecule has 8 nitrogen and oxygen atoms in total. The quantitative estimate of drug-likeness (QED) is 0.495. The standard InChI is InChI=1S/C24H24N6O2/c1-14-5-4-6-15(9-14)21-13-18(27-32-21)20-11-17-10-19(17)30(20)24-26-25-23(29(24)3)16-7-8-28(2)22(31)12-16/h4-9,12-13,17,19-20H,10-11H2,1-3H3/t17-,19-,20?/m1/s1. The second-order valence-corrected chi connectivity index (χ2v) is 8.95. The highest BCUT2D eigenvalue weighted by atomic mass is 16.5. The number of aromatic nitrogens is 5. The van der Waals surface area contributed by atoms with Crippen molar-refractivity contribution in [3.05, 3.63) is 70.3 Å². The molecule has 3 aromatic heterocycles. The molecule has 1 aliphatic heterocycles. The van der Waals surface area contributed by atoms with E-state index in [4.69, 9.17) is 4.52 Å². The van der Waals surface area contributed by atoms with Gasteiger partial charge < -0.3 is 14.0 Å². The first-order valence-corrected chi connectivity index (χ1v) is 10.9. The predicted molar refractivity (Wildman–Crippen MR) is 120 cm³/mol. The van der Waals surface area contributed by atoms with E-state index in [1.165, 1.54) is 5.56 Å². The van der Waals surface area contributed by atoms with Gasteiger partial charge in [0.25, 0.3) is 5.56 Å². The first kappa shape index (κ1) is 19.0. The van der Waals surface area contributed by atoms with E-state index < -0.39 is 0 Å². The zero-order valence-corrected chi connectivity index (χ0v) is 18.3. The largest absolute Gasteiger partial charge is 0.356 e. The molecule has 32 heavy (non-hydrogen) atoms. The number of fused-ring (bicyclic) bond motifs is 1. The molecule has 1 saturated carbocycles. The van der Waals surface area contributed by atoms with Crippen molar-refractivity contribution in [2.75, 3.05) is 4.90 Å². The highest BCUT2D eigenvalue weighted by Crippen LogP contribution is 2.54. The number of aryl methyl sites for hydroxylation is 2. The highest BCUT2D eigenvalue weighted by Gasteiger charge is 2.54. The zero-order chi connectivity index (χ0) is 22.0. The van der Waals surface area contributed by atoms with Crippen LogP contribution in [0.25, 0.3) is 22.7 Å². The maximum atomic E-state index is 12.1. The van der Waals surface area contributed by atoms with E-state index in [9.17, 15) is 4.79 Å². The van der Waals surface area contributed by atoms with E-state index >= 15 is 0 Å². The summed E-state index contributed by atoms with van der Waals surface area (Å²) in [5, 5.41) is 13.4. The van der Waals surface area contributed by atoms with Crippen LogP contribution in [-0.4, -0.2) is 30.5 Å². The summed E-state index contributed by atoms with van der Waals surface area (Å²) in [5.41, 5.74) is 3.84. The number of hydrogen-bond acceptors (Lipinski definition) is 6. The minimum Gasteiger partial charge on any atom is -0.356 e. The summed E-state index contributed by atoms with van der Waals surface area (Å²) in [6.07, 6.45) is 3.94. The van der Waals surface area contributed by atoms with Crippen LogP contribution >= 0.6 is 0 Å². The smallest absolute Gasteiger partial charge is 0.250 e. The topological polar surface area (TPSA) is 82.0 Å². The van der Waals surface area contributed by atoms with Crippen LogP contribution < -0.4 is 10.5 Å². The van der Waals surface area contributed by atoms with Crippen LogP contribution in [0.1, 0.15) is 30.1 Å². The number of benzene rings is 1. The predicted octanol–water partition coefficient (Wildman–Crippen LogP) is 3.48. The van der Waals surface area contributed by atoms with Crippen molar-refractivity contribution in [2.45, 2.75) is 31.8 Å². The summed E-state index contributed by atoms with van der Waals surface area (Å²) in [7, 11) is 3.69. The van der Waals surface area contributed by atoms with E-state index in [-0.39, 0.29) is 11.6 Å². The highest BCUT2D eigenvalue weighted by molar-refractivity contribution is 5.60. The molecule has 1 aliphatic carbocycles. The molecule has 8 heteroatoms. The van der Waals surface area contributed by atoms with Crippen LogP contribution in [0, 0.1) is 12.8 Å². The molecular weight excluding hydrogens is 404 g/mol. The van der Waals surface area contributed by atoms with Crippen LogP contribution in [0.5, 0.6) is 0 Å². The molecule has 162 valence electrons. The molecule has 0 bridgehead atoms. The number of pyridine rings is 1. The first-order chi connectivity index (χ1) is 15.5. The number of nitrogens with zero attached hydrogens (tertiary/aromatic N) is 6. The molecule has 0 radical (unpaired) electrons. The van der Waals surface area contributed by atoms with Gasteiger partial charge in [0.2, 0.25) is 5.95 Å². The molecule has 2 aliphatic rings. The Kier molecular flexibility index (Phi) is 4.11. The molecule has 0 amide bonds. The monoisotopic (exact) mass is 428 g/mol. The van der Waals surface area contributed by atoms with E-state index in [2.05, 4.69) is 45.4 Å². The lowest BCUT2D eigenvalue weighted by Gasteiger charge is -2.26. The zero-order valence-electron chi connectivity index (χ0n) is 18.3. The van der Waals surface area contributed by atoms with E-state index in [1.807, 2.05) is 29.8 Å². The average Bonchev–Trinajstić information content (AvgIpc) is 3.11. The molecule has 0 spiro atoms. The van der Waals surface area contributed by atoms with Crippen molar-refractivity contribution in [3.8, 4) is 22.7 Å². The van der Waals surface area contributed by atoms with Crippen molar-refractivity contribution >= 4 is 5.95 Å². The SMILES string of the molecule is Cc1cccc(-c2cc(C3C[C@H]4C[C@H]4N3c3nnc(-c4ccn(C)c(=O)c4)n3C)no2)c1. The fourth-order valence-electron chi connectivity index (χ4n) is 4.87. The van der Waals surface area contributed by atoms with Crippen LogP contribution in [0.15, 0.2) is 58.0 Å². The van der Waals surface area contributed by atoms with Gasteiger partial charge in [-0.1, -0.05) is 28.9 Å². The molecule has 6 rings (SSSR count). The van der Waals surface area contributed by atoms with Crippen molar-refractivity contribution in [3.63, 3.8) is 0 Å². The van der Waals surface area contributed by atoms with Crippen molar-refractivity contribution in [1.29, 1.82) is 0 Å². The third-order valence-electron chi connectivity index (χ3n) is 6.72.